The van der Waals surface area contributed by atoms with Crippen molar-refractivity contribution in [2.24, 2.45) is 0 Å². The molecule has 3 aromatic rings. The van der Waals surface area contributed by atoms with Crippen molar-refractivity contribution in [3.63, 3.8) is 0 Å². The fraction of sp³-hybridized carbons (Fsp3) is 0.238. The van der Waals surface area contributed by atoms with Gasteiger partial charge < -0.3 is 5.32 Å². The minimum Gasteiger partial charge on any atom is -0.352 e. The van der Waals surface area contributed by atoms with E-state index in [9.17, 15) is 4.79 Å². The summed E-state index contributed by atoms with van der Waals surface area (Å²) in [5.74, 6) is 0.0782. The van der Waals surface area contributed by atoms with Gasteiger partial charge in [-0.05, 0) is 36.1 Å². The van der Waals surface area contributed by atoms with E-state index in [1.54, 1.807) is 6.20 Å². The van der Waals surface area contributed by atoms with Crippen LogP contribution in [0, 0.1) is 6.92 Å². The second kappa shape index (κ2) is 8.29. The van der Waals surface area contributed by atoms with Crippen molar-refractivity contribution in [1.82, 2.24) is 15.1 Å². The molecule has 0 radical (unpaired) electrons. The molecule has 1 amide bonds. The first-order valence-corrected chi connectivity index (χ1v) is 8.57. The Bertz CT molecular complexity index is 807. The molecule has 4 nitrogen and oxygen atoms in total. The van der Waals surface area contributed by atoms with Crippen molar-refractivity contribution >= 4 is 5.91 Å². The summed E-state index contributed by atoms with van der Waals surface area (Å²) in [6.45, 7) is 3.32. The average molecular weight is 333 g/mol. The minimum atomic E-state index is 0.0782. The monoisotopic (exact) mass is 333 g/mol. The fourth-order valence-electron chi connectivity index (χ4n) is 2.75. The number of hydrogen-bond donors (Lipinski definition) is 1. The number of nitrogens with zero attached hydrogens (tertiary/aromatic N) is 2. The molecule has 0 spiro atoms. The lowest BCUT2D eigenvalue weighted by Gasteiger charge is -2.11. The molecule has 128 valence electrons. The highest BCUT2D eigenvalue weighted by Crippen LogP contribution is 2.11. The predicted octanol–water partition coefficient (Wildman–Crippen LogP) is 3.49. The zero-order valence-corrected chi connectivity index (χ0v) is 14.5. The molecular formula is C21H23N3O. The van der Waals surface area contributed by atoms with Gasteiger partial charge in [0.25, 0.3) is 0 Å². The molecule has 1 heterocycles. The van der Waals surface area contributed by atoms with Crippen molar-refractivity contribution in [3.05, 3.63) is 89.2 Å². The zero-order valence-electron chi connectivity index (χ0n) is 14.5. The van der Waals surface area contributed by atoms with Gasteiger partial charge in [-0.1, -0.05) is 54.1 Å². The number of carbonyl (C=O) groups is 1. The molecule has 0 saturated carbocycles. The van der Waals surface area contributed by atoms with Crippen molar-refractivity contribution in [2.75, 3.05) is 0 Å². The minimum absolute atomic E-state index is 0.0782. The SMILES string of the molecule is Cc1ccc(CCC(=O)NCc2ccccc2Cn2cccn2)cc1. The van der Waals surface area contributed by atoms with Gasteiger partial charge in [-0.2, -0.15) is 5.10 Å². The number of hydrogen-bond acceptors (Lipinski definition) is 2. The van der Waals surface area contributed by atoms with Crippen molar-refractivity contribution in [1.29, 1.82) is 0 Å². The number of carbonyl (C=O) groups excluding carboxylic acids is 1. The predicted molar refractivity (Wildman–Crippen MR) is 99.1 cm³/mol. The summed E-state index contributed by atoms with van der Waals surface area (Å²) in [5, 5.41) is 7.28. The molecule has 4 heteroatoms. The Hall–Kier alpha value is -2.88. The van der Waals surface area contributed by atoms with Crippen molar-refractivity contribution in [3.8, 4) is 0 Å². The first-order chi connectivity index (χ1) is 12.2. The standard InChI is InChI=1S/C21H23N3O/c1-17-7-9-18(10-8-17)11-12-21(25)22-15-19-5-2-3-6-20(19)16-24-14-4-13-23-24/h2-10,13-14H,11-12,15-16H2,1H3,(H,22,25). The number of benzene rings is 2. The molecule has 0 aliphatic rings. The molecule has 0 aliphatic carbocycles. The lowest BCUT2D eigenvalue weighted by Crippen LogP contribution is -2.23. The van der Waals surface area contributed by atoms with Gasteiger partial charge in [-0.15, -0.1) is 0 Å². The van der Waals surface area contributed by atoms with Gasteiger partial charge in [0.05, 0.1) is 6.54 Å². The van der Waals surface area contributed by atoms with Crippen LogP contribution in [0.15, 0.2) is 67.0 Å². The summed E-state index contributed by atoms with van der Waals surface area (Å²) in [7, 11) is 0. The summed E-state index contributed by atoms with van der Waals surface area (Å²) in [4.78, 5) is 12.2. The van der Waals surface area contributed by atoms with Crippen LogP contribution >= 0.6 is 0 Å². The summed E-state index contributed by atoms with van der Waals surface area (Å²) >= 11 is 0. The van der Waals surface area contributed by atoms with Crippen LogP contribution < -0.4 is 5.32 Å². The number of rotatable bonds is 7. The summed E-state index contributed by atoms with van der Waals surface area (Å²) in [5.41, 5.74) is 4.73. The summed E-state index contributed by atoms with van der Waals surface area (Å²) < 4.78 is 1.89. The molecule has 0 aliphatic heterocycles. The third kappa shape index (κ3) is 5.05. The van der Waals surface area contributed by atoms with Gasteiger partial charge in [0.1, 0.15) is 0 Å². The first kappa shape index (κ1) is 17.0. The molecule has 1 aromatic heterocycles. The van der Waals surface area contributed by atoms with Gasteiger partial charge in [-0.25, -0.2) is 0 Å². The molecule has 3 rings (SSSR count). The highest BCUT2D eigenvalue weighted by Gasteiger charge is 2.06. The average Bonchev–Trinajstić information content (AvgIpc) is 3.13. The molecular weight excluding hydrogens is 310 g/mol. The molecule has 0 bridgehead atoms. The second-order valence-corrected chi connectivity index (χ2v) is 6.23. The van der Waals surface area contributed by atoms with Crippen LogP contribution in [-0.4, -0.2) is 15.7 Å². The van der Waals surface area contributed by atoms with E-state index in [1.807, 2.05) is 29.1 Å². The van der Waals surface area contributed by atoms with E-state index in [0.717, 1.165) is 12.0 Å². The van der Waals surface area contributed by atoms with Crippen LogP contribution in [0.5, 0.6) is 0 Å². The molecule has 0 atom stereocenters. The van der Waals surface area contributed by atoms with Gasteiger partial charge in [0.15, 0.2) is 0 Å². The Kier molecular flexibility index (Phi) is 5.62. The maximum absolute atomic E-state index is 12.2. The summed E-state index contributed by atoms with van der Waals surface area (Å²) in [6.07, 6.45) is 4.98. The van der Waals surface area contributed by atoms with Gasteiger partial charge in [0, 0.05) is 25.4 Å². The Morgan fingerprint density at radius 1 is 1.04 bits per heavy atom. The van der Waals surface area contributed by atoms with Crippen molar-refractivity contribution in [2.45, 2.75) is 32.9 Å². The third-order valence-corrected chi connectivity index (χ3v) is 4.25. The number of aryl methyl sites for hydroxylation is 2. The number of nitrogens with one attached hydrogen (secondary N) is 1. The maximum atomic E-state index is 12.2. The van der Waals surface area contributed by atoms with Crippen LogP contribution in [0.2, 0.25) is 0 Å². The van der Waals surface area contributed by atoms with E-state index in [2.05, 4.69) is 53.7 Å². The zero-order chi connectivity index (χ0) is 17.5. The lowest BCUT2D eigenvalue weighted by atomic mass is 10.1. The Balaban J connectivity index is 1.52. The molecule has 25 heavy (non-hydrogen) atoms. The second-order valence-electron chi connectivity index (χ2n) is 6.23. The van der Waals surface area contributed by atoms with Crippen molar-refractivity contribution < 1.29 is 4.79 Å². The third-order valence-electron chi connectivity index (χ3n) is 4.25. The number of aromatic nitrogens is 2. The van der Waals surface area contributed by atoms with E-state index >= 15 is 0 Å². The summed E-state index contributed by atoms with van der Waals surface area (Å²) in [6, 6.07) is 18.4. The lowest BCUT2D eigenvalue weighted by molar-refractivity contribution is -0.121. The first-order valence-electron chi connectivity index (χ1n) is 8.57. The van der Waals surface area contributed by atoms with E-state index in [1.165, 1.54) is 16.7 Å². The van der Waals surface area contributed by atoms with Crippen LogP contribution in [-0.2, 0) is 24.3 Å². The molecule has 0 unspecified atom stereocenters. The molecule has 2 aromatic carbocycles. The number of amides is 1. The normalized spacial score (nSPS) is 10.6. The fourth-order valence-corrected chi connectivity index (χ4v) is 2.75. The Labute approximate surface area is 148 Å². The van der Waals surface area contributed by atoms with Gasteiger partial charge in [0.2, 0.25) is 5.91 Å². The highest BCUT2D eigenvalue weighted by molar-refractivity contribution is 5.76. The molecule has 1 N–H and O–H groups in total. The molecule has 0 fully saturated rings. The highest BCUT2D eigenvalue weighted by atomic mass is 16.1. The van der Waals surface area contributed by atoms with Gasteiger partial charge in [-0.3, -0.25) is 9.48 Å². The maximum Gasteiger partial charge on any atom is 0.220 e. The largest absolute Gasteiger partial charge is 0.352 e. The Morgan fingerprint density at radius 2 is 1.80 bits per heavy atom. The van der Waals surface area contributed by atoms with Crippen LogP contribution in [0.25, 0.3) is 0 Å². The van der Waals surface area contributed by atoms with E-state index in [4.69, 9.17) is 0 Å². The van der Waals surface area contributed by atoms with E-state index < -0.39 is 0 Å². The van der Waals surface area contributed by atoms with Crippen LogP contribution in [0.1, 0.15) is 28.7 Å². The van der Waals surface area contributed by atoms with Crippen LogP contribution in [0.3, 0.4) is 0 Å². The Morgan fingerprint density at radius 3 is 2.52 bits per heavy atom. The van der Waals surface area contributed by atoms with Crippen LogP contribution in [0.4, 0.5) is 0 Å². The topological polar surface area (TPSA) is 46.9 Å². The molecule has 0 saturated heterocycles. The van der Waals surface area contributed by atoms with E-state index in [-0.39, 0.29) is 5.91 Å². The van der Waals surface area contributed by atoms with E-state index in [0.29, 0.717) is 19.5 Å². The van der Waals surface area contributed by atoms with Gasteiger partial charge >= 0.3 is 0 Å². The smallest absolute Gasteiger partial charge is 0.220 e. The quantitative estimate of drug-likeness (QED) is 0.719.